The smallest absolute Gasteiger partial charge is 0.266 e. The molecule has 31 heavy (non-hydrogen) atoms. The highest BCUT2D eigenvalue weighted by Gasteiger charge is 2.15. The fourth-order valence-electron chi connectivity index (χ4n) is 2.75. The monoisotopic (exact) mass is 480 g/mol. The zero-order valence-electron chi connectivity index (χ0n) is 16.6. The molecule has 0 aliphatic carbocycles. The van der Waals surface area contributed by atoms with Crippen LogP contribution in [0.4, 0.5) is 10.1 Å². The highest BCUT2D eigenvalue weighted by molar-refractivity contribution is 9.10. The van der Waals surface area contributed by atoms with Crippen LogP contribution in [0.2, 0.25) is 0 Å². The van der Waals surface area contributed by atoms with E-state index in [0.29, 0.717) is 17.1 Å². The second kappa shape index (κ2) is 10.4. The van der Waals surface area contributed by atoms with Crippen molar-refractivity contribution in [2.45, 2.75) is 6.61 Å². The van der Waals surface area contributed by atoms with Crippen molar-refractivity contribution in [2.24, 2.45) is 0 Å². The molecule has 1 N–H and O–H groups in total. The number of amides is 1. The van der Waals surface area contributed by atoms with Crippen molar-refractivity contribution < 1.29 is 18.7 Å². The van der Waals surface area contributed by atoms with Crippen LogP contribution in [0.5, 0.6) is 11.5 Å². The number of halogens is 2. The minimum atomic E-state index is -0.728. The SMILES string of the molecule is COc1cccc(/C=C(/C#N)C(=O)Nc2ccccc2F)c1OCc1ccc(Br)cc1. The molecule has 156 valence electrons. The Morgan fingerprint density at radius 3 is 2.55 bits per heavy atom. The number of rotatable bonds is 7. The van der Waals surface area contributed by atoms with Crippen LogP contribution >= 0.6 is 15.9 Å². The Hall–Kier alpha value is -3.63. The molecule has 0 spiro atoms. The van der Waals surface area contributed by atoms with E-state index in [0.717, 1.165) is 10.0 Å². The molecular weight excluding hydrogens is 463 g/mol. The van der Waals surface area contributed by atoms with Gasteiger partial charge in [0.1, 0.15) is 24.1 Å². The van der Waals surface area contributed by atoms with E-state index in [1.165, 1.54) is 31.4 Å². The van der Waals surface area contributed by atoms with Gasteiger partial charge in [0.2, 0.25) is 0 Å². The van der Waals surface area contributed by atoms with Gasteiger partial charge in [0.15, 0.2) is 11.5 Å². The van der Waals surface area contributed by atoms with Gasteiger partial charge in [-0.15, -0.1) is 0 Å². The first-order valence-electron chi connectivity index (χ1n) is 9.23. The second-order valence-corrected chi connectivity index (χ2v) is 7.31. The number of benzene rings is 3. The van der Waals surface area contributed by atoms with Gasteiger partial charge in [-0.25, -0.2) is 4.39 Å². The van der Waals surface area contributed by atoms with E-state index in [1.54, 1.807) is 24.3 Å². The number of para-hydroxylation sites is 2. The third-order valence-electron chi connectivity index (χ3n) is 4.31. The summed E-state index contributed by atoms with van der Waals surface area (Å²) in [6.07, 6.45) is 1.38. The van der Waals surface area contributed by atoms with Gasteiger partial charge >= 0.3 is 0 Å². The topological polar surface area (TPSA) is 71.3 Å². The molecule has 0 atom stereocenters. The number of hydrogen-bond acceptors (Lipinski definition) is 4. The van der Waals surface area contributed by atoms with Crippen LogP contribution in [-0.4, -0.2) is 13.0 Å². The number of nitrogens with one attached hydrogen (secondary N) is 1. The number of anilines is 1. The van der Waals surface area contributed by atoms with E-state index < -0.39 is 11.7 Å². The summed E-state index contributed by atoms with van der Waals surface area (Å²) in [5.41, 5.74) is 1.20. The molecule has 0 heterocycles. The molecule has 0 saturated carbocycles. The highest BCUT2D eigenvalue weighted by atomic mass is 79.9. The Balaban J connectivity index is 1.88. The third-order valence-corrected chi connectivity index (χ3v) is 4.84. The van der Waals surface area contributed by atoms with Crippen molar-refractivity contribution in [3.63, 3.8) is 0 Å². The van der Waals surface area contributed by atoms with Gasteiger partial charge in [0.05, 0.1) is 12.8 Å². The van der Waals surface area contributed by atoms with Gasteiger partial charge in [-0.2, -0.15) is 5.26 Å². The van der Waals surface area contributed by atoms with Crippen molar-refractivity contribution in [1.82, 2.24) is 0 Å². The summed E-state index contributed by atoms with van der Waals surface area (Å²) in [5, 5.41) is 11.9. The third kappa shape index (κ3) is 5.71. The predicted octanol–water partition coefficient (Wildman–Crippen LogP) is 5.72. The predicted molar refractivity (Wildman–Crippen MR) is 120 cm³/mol. The van der Waals surface area contributed by atoms with Crippen molar-refractivity contribution in [2.75, 3.05) is 12.4 Å². The first-order chi connectivity index (χ1) is 15.0. The Morgan fingerprint density at radius 1 is 1.13 bits per heavy atom. The molecule has 0 aromatic heterocycles. The number of ether oxygens (including phenoxy) is 2. The minimum Gasteiger partial charge on any atom is -0.493 e. The molecule has 0 unspecified atom stereocenters. The Bertz CT molecular complexity index is 1150. The van der Waals surface area contributed by atoms with Gasteiger partial charge in [-0.3, -0.25) is 4.79 Å². The quantitative estimate of drug-likeness (QED) is 0.346. The summed E-state index contributed by atoms with van der Waals surface area (Å²) >= 11 is 3.39. The van der Waals surface area contributed by atoms with E-state index in [2.05, 4.69) is 21.2 Å². The fraction of sp³-hybridized carbons (Fsp3) is 0.0833. The van der Waals surface area contributed by atoms with Gasteiger partial charge in [0.25, 0.3) is 5.91 Å². The number of carbonyl (C=O) groups is 1. The summed E-state index contributed by atoms with van der Waals surface area (Å²) in [6.45, 7) is 0.262. The van der Waals surface area contributed by atoms with E-state index in [4.69, 9.17) is 9.47 Å². The maximum Gasteiger partial charge on any atom is 0.266 e. The average Bonchev–Trinajstić information content (AvgIpc) is 2.78. The van der Waals surface area contributed by atoms with Gasteiger partial charge < -0.3 is 14.8 Å². The fourth-order valence-corrected chi connectivity index (χ4v) is 3.02. The maximum atomic E-state index is 13.8. The van der Waals surface area contributed by atoms with Crippen molar-refractivity contribution in [3.05, 3.63) is 93.7 Å². The summed E-state index contributed by atoms with van der Waals surface area (Å²) < 4.78 is 26.1. The molecule has 0 aliphatic heterocycles. The maximum absolute atomic E-state index is 13.8. The molecule has 0 aliphatic rings. The summed E-state index contributed by atoms with van der Waals surface area (Å²) in [4.78, 5) is 12.5. The van der Waals surface area contributed by atoms with Gasteiger partial charge in [-0.1, -0.05) is 52.3 Å². The molecule has 7 heteroatoms. The molecule has 3 aromatic carbocycles. The van der Waals surface area contributed by atoms with Crippen LogP contribution < -0.4 is 14.8 Å². The van der Waals surface area contributed by atoms with Crippen LogP contribution in [0.15, 0.2) is 76.8 Å². The summed E-state index contributed by atoms with van der Waals surface area (Å²) in [7, 11) is 1.51. The highest BCUT2D eigenvalue weighted by Crippen LogP contribution is 2.33. The zero-order valence-corrected chi connectivity index (χ0v) is 18.1. The van der Waals surface area contributed by atoms with Crippen molar-refractivity contribution in [3.8, 4) is 17.6 Å². The lowest BCUT2D eigenvalue weighted by Gasteiger charge is -2.14. The number of carbonyl (C=O) groups excluding carboxylic acids is 1. The number of hydrogen-bond donors (Lipinski definition) is 1. The lowest BCUT2D eigenvalue weighted by Crippen LogP contribution is -2.14. The van der Waals surface area contributed by atoms with E-state index in [9.17, 15) is 14.4 Å². The number of nitrogens with zero attached hydrogens (tertiary/aromatic N) is 1. The molecule has 0 saturated heterocycles. The van der Waals surface area contributed by atoms with E-state index in [-0.39, 0.29) is 17.9 Å². The Labute approximate surface area is 187 Å². The standard InChI is InChI=1S/C24H18BrFN2O3/c1-30-22-8-4-5-17(23(22)31-15-16-9-11-19(25)12-10-16)13-18(14-27)24(29)28-21-7-3-2-6-20(21)26/h2-13H,15H2,1H3,(H,28,29)/b18-13-. The lowest BCUT2D eigenvalue weighted by atomic mass is 10.1. The molecule has 0 fully saturated rings. The molecule has 0 bridgehead atoms. The normalized spacial score (nSPS) is 10.8. The molecule has 3 rings (SSSR count). The van der Waals surface area contributed by atoms with Crippen LogP contribution in [0.25, 0.3) is 6.08 Å². The van der Waals surface area contributed by atoms with Crippen LogP contribution in [-0.2, 0) is 11.4 Å². The van der Waals surface area contributed by atoms with Crippen LogP contribution in [0.3, 0.4) is 0 Å². The first-order valence-corrected chi connectivity index (χ1v) is 10.0. The van der Waals surface area contributed by atoms with Crippen molar-refractivity contribution in [1.29, 1.82) is 5.26 Å². The largest absolute Gasteiger partial charge is 0.493 e. The molecule has 0 radical (unpaired) electrons. The number of nitriles is 1. The summed E-state index contributed by atoms with van der Waals surface area (Å²) in [6, 6.07) is 20.4. The average molecular weight is 481 g/mol. The first kappa shape index (κ1) is 22.1. The minimum absolute atomic E-state index is 0.00833. The van der Waals surface area contributed by atoms with E-state index in [1.807, 2.05) is 30.3 Å². The Morgan fingerprint density at radius 2 is 1.87 bits per heavy atom. The number of methoxy groups -OCH3 is 1. The van der Waals surface area contributed by atoms with Gasteiger partial charge in [0, 0.05) is 10.0 Å². The van der Waals surface area contributed by atoms with Gasteiger partial charge in [-0.05, 0) is 42.0 Å². The zero-order chi connectivity index (χ0) is 22.2. The van der Waals surface area contributed by atoms with E-state index >= 15 is 0 Å². The molecular formula is C24H18BrFN2O3. The lowest BCUT2D eigenvalue weighted by molar-refractivity contribution is -0.112. The summed E-state index contributed by atoms with van der Waals surface area (Å²) in [5.74, 6) is -0.473. The van der Waals surface area contributed by atoms with Crippen molar-refractivity contribution >= 4 is 33.6 Å². The van der Waals surface area contributed by atoms with Crippen LogP contribution in [0.1, 0.15) is 11.1 Å². The Kier molecular flexibility index (Phi) is 7.41. The molecule has 3 aromatic rings. The second-order valence-electron chi connectivity index (χ2n) is 6.40. The molecule has 5 nitrogen and oxygen atoms in total. The van der Waals surface area contributed by atoms with Crippen LogP contribution in [0, 0.1) is 17.1 Å². The molecule has 1 amide bonds.